The first-order chi connectivity index (χ1) is 14.1. The lowest BCUT2D eigenvalue weighted by atomic mass is 10.1. The van der Waals surface area contributed by atoms with E-state index in [4.69, 9.17) is 5.73 Å². The molecule has 11 nitrogen and oxygen atoms in total. The monoisotopic (exact) mass is 390 g/mol. The Bertz CT molecular complexity index is 1180. The number of nitrogens with two attached hydrogens (primary N) is 1. The second-order valence-electron chi connectivity index (χ2n) is 5.83. The van der Waals surface area contributed by atoms with Gasteiger partial charge in [-0.25, -0.2) is 10.1 Å². The van der Waals surface area contributed by atoms with Gasteiger partial charge in [0.25, 0.3) is 5.91 Å². The van der Waals surface area contributed by atoms with Crippen LogP contribution in [-0.4, -0.2) is 42.5 Å². The van der Waals surface area contributed by atoms with Gasteiger partial charge in [0, 0.05) is 5.56 Å². The second-order valence-corrected chi connectivity index (χ2v) is 5.83. The van der Waals surface area contributed by atoms with Crippen molar-refractivity contribution in [1.82, 2.24) is 30.7 Å². The quantitative estimate of drug-likeness (QED) is 0.340. The Kier molecular flexibility index (Phi) is 4.68. The number of phenolic OH excluding ortho intramolecular Hbond substituents is 1. The van der Waals surface area contributed by atoms with Gasteiger partial charge in [-0.1, -0.05) is 47.7 Å². The van der Waals surface area contributed by atoms with Crippen molar-refractivity contribution in [1.29, 1.82) is 0 Å². The average Bonchev–Trinajstić information content (AvgIpc) is 3.34. The van der Waals surface area contributed by atoms with Crippen LogP contribution in [0.3, 0.4) is 0 Å². The van der Waals surface area contributed by atoms with E-state index in [0.717, 1.165) is 0 Å². The molecule has 4 rings (SSSR count). The van der Waals surface area contributed by atoms with Crippen molar-refractivity contribution in [3.63, 3.8) is 0 Å². The summed E-state index contributed by atoms with van der Waals surface area (Å²) in [6.45, 7) is 0. The molecule has 0 spiro atoms. The minimum absolute atomic E-state index is 0.000875. The van der Waals surface area contributed by atoms with Gasteiger partial charge in [-0.15, -0.1) is 5.10 Å². The number of amides is 1. The average molecular weight is 390 g/mol. The van der Waals surface area contributed by atoms with Gasteiger partial charge in [-0.3, -0.25) is 4.79 Å². The first-order valence-corrected chi connectivity index (χ1v) is 8.35. The number of carbonyl (C=O) groups is 1. The third-order valence-electron chi connectivity index (χ3n) is 3.88. The Labute approximate surface area is 163 Å². The summed E-state index contributed by atoms with van der Waals surface area (Å²) >= 11 is 0. The lowest BCUT2D eigenvalue weighted by Gasteiger charge is -2.05. The zero-order valence-electron chi connectivity index (χ0n) is 14.8. The minimum atomic E-state index is -0.596. The van der Waals surface area contributed by atoms with Crippen LogP contribution in [0.2, 0.25) is 0 Å². The van der Waals surface area contributed by atoms with Crippen LogP contribution < -0.4 is 11.2 Å². The first kappa shape index (κ1) is 17.9. The lowest BCUT2D eigenvalue weighted by molar-refractivity contribution is 0.0950. The van der Waals surface area contributed by atoms with E-state index in [0.29, 0.717) is 16.8 Å². The van der Waals surface area contributed by atoms with Crippen molar-refractivity contribution < 1.29 is 14.5 Å². The number of nitrogens with zero attached hydrogens (tertiary/aromatic N) is 6. The Morgan fingerprint density at radius 2 is 2.00 bits per heavy atom. The largest absolute Gasteiger partial charge is 0.508 e. The smallest absolute Gasteiger partial charge is 0.294 e. The molecule has 29 heavy (non-hydrogen) atoms. The summed E-state index contributed by atoms with van der Waals surface area (Å²) in [5, 5.41) is 28.6. The molecular weight excluding hydrogens is 376 g/mol. The maximum Gasteiger partial charge on any atom is 0.294 e. The Balaban J connectivity index is 1.67. The number of benzene rings is 2. The normalized spacial score (nSPS) is 11.0. The number of phenols is 1. The highest BCUT2D eigenvalue weighted by molar-refractivity contribution is 5.98. The molecule has 2 aromatic heterocycles. The molecule has 0 saturated heterocycles. The molecule has 144 valence electrons. The van der Waals surface area contributed by atoms with Gasteiger partial charge in [0.05, 0.1) is 6.21 Å². The van der Waals surface area contributed by atoms with E-state index in [-0.39, 0.29) is 23.1 Å². The van der Waals surface area contributed by atoms with Crippen molar-refractivity contribution >= 4 is 17.9 Å². The minimum Gasteiger partial charge on any atom is -0.508 e. The molecule has 0 atom stereocenters. The SMILES string of the molecule is Nc1nonc1-n1nnc(C(=O)N/N=C\c2cccc(O)c2)c1-c1ccccc1. The van der Waals surface area contributed by atoms with E-state index >= 15 is 0 Å². The van der Waals surface area contributed by atoms with E-state index in [1.54, 1.807) is 36.4 Å². The second kappa shape index (κ2) is 7.60. The highest BCUT2D eigenvalue weighted by atomic mass is 16.6. The first-order valence-electron chi connectivity index (χ1n) is 8.35. The van der Waals surface area contributed by atoms with Crippen molar-refractivity contribution in [2.75, 3.05) is 5.73 Å². The molecule has 0 unspecified atom stereocenters. The molecule has 0 bridgehead atoms. The van der Waals surface area contributed by atoms with E-state index < -0.39 is 5.91 Å². The van der Waals surface area contributed by atoms with Crippen molar-refractivity contribution in [3.05, 3.63) is 65.9 Å². The number of hydrogen-bond acceptors (Lipinski definition) is 9. The fraction of sp³-hybridized carbons (Fsp3) is 0. The lowest BCUT2D eigenvalue weighted by Crippen LogP contribution is -2.19. The number of nitrogens with one attached hydrogen (secondary N) is 1. The van der Waals surface area contributed by atoms with Crippen molar-refractivity contribution in [2.24, 2.45) is 5.10 Å². The summed E-state index contributed by atoms with van der Waals surface area (Å²) in [7, 11) is 0. The molecule has 0 saturated carbocycles. The summed E-state index contributed by atoms with van der Waals surface area (Å²) in [4.78, 5) is 12.7. The predicted molar refractivity (Wildman–Crippen MR) is 102 cm³/mol. The molecule has 0 aliphatic heterocycles. The van der Waals surface area contributed by atoms with Crippen molar-refractivity contribution in [2.45, 2.75) is 0 Å². The van der Waals surface area contributed by atoms with Crippen molar-refractivity contribution in [3.8, 4) is 22.8 Å². The number of nitrogen functional groups attached to an aromatic ring is 1. The third kappa shape index (κ3) is 3.64. The van der Waals surface area contributed by atoms with Gasteiger partial charge in [-0.2, -0.15) is 9.78 Å². The number of aromatic hydroxyl groups is 1. The third-order valence-corrected chi connectivity index (χ3v) is 3.88. The molecular formula is C18H14N8O3. The van der Waals surface area contributed by atoms with Crippen LogP contribution in [0, 0.1) is 0 Å². The molecule has 0 fully saturated rings. The maximum absolute atomic E-state index is 12.7. The zero-order valence-corrected chi connectivity index (χ0v) is 14.8. The Morgan fingerprint density at radius 1 is 1.17 bits per heavy atom. The molecule has 0 radical (unpaired) electrons. The van der Waals surface area contributed by atoms with E-state index in [2.05, 4.69) is 35.8 Å². The molecule has 0 aliphatic carbocycles. The molecule has 2 aromatic carbocycles. The van der Waals surface area contributed by atoms with Crippen LogP contribution >= 0.6 is 0 Å². The van der Waals surface area contributed by atoms with Crippen LogP contribution in [0.15, 0.2) is 64.3 Å². The summed E-state index contributed by atoms with van der Waals surface area (Å²) in [5.74, 6) is -0.394. The molecule has 11 heteroatoms. The van der Waals surface area contributed by atoms with Crippen LogP contribution in [0.4, 0.5) is 5.82 Å². The summed E-state index contributed by atoms with van der Waals surface area (Å²) in [5.41, 5.74) is 9.77. The van der Waals surface area contributed by atoms with Gasteiger partial charge in [0.2, 0.25) is 11.6 Å². The molecule has 2 heterocycles. The van der Waals surface area contributed by atoms with Gasteiger partial charge in [-0.05, 0) is 28.0 Å². The maximum atomic E-state index is 12.7. The van der Waals surface area contributed by atoms with Crippen LogP contribution in [0.1, 0.15) is 16.1 Å². The van der Waals surface area contributed by atoms with Gasteiger partial charge in [0.1, 0.15) is 11.4 Å². The van der Waals surface area contributed by atoms with Gasteiger partial charge in [0.15, 0.2) is 5.69 Å². The Morgan fingerprint density at radius 3 is 2.72 bits per heavy atom. The molecule has 0 aliphatic rings. The fourth-order valence-corrected chi connectivity index (χ4v) is 2.60. The van der Waals surface area contributed by atoms with Crippen LogP contribution in [0.5, 0.6) is 5.75 Å². The molecule has 4 aromatic rings. The zero-order chi connectivity index (χ0) is 20.2. The molecule has 4 N–H and O–H groups in total. The number of hydrogen-bond donors (Lipinski definition) is 3. The van der Waals surface area contributed by atoms with Crippen LogP contribution in [0.25, 0.3) is 17.1 Å². The summed E-state index contributed by atoms with van der Waals surface area (Å²) in [6, 6.07) is 15.4. The topological polar surface area (TPSA) is 157 Å². The number of aromatic nitrogens is 5. The van der Waals surface area contributed by atoms with Crippen LogP contribution in [-0.2, 0) is 0 Å². The fourth-order valence-electron chi connectivity index (χ4n) is 2.60. The highest BCUT2D eigenvalue weighted by Gasteiger charge is 2.24. The summed E-state index contributed by atoms with van der Waals surface area (Å²) in [6.07, 6.45) is 1.39. The predicted octanol–water partition coefficient (Wildman–Crippen LogP) is 1.37. The van der Waals surface area contributed by atoms with E-state index in [1.807, 2.05) is 6.07 Å². The number of anilines is 1. The number of carbonyl (C=O) groups excluding carboxylic acids is 1. The Hall–Kier alpha value is -4.54. The standard InChI is InChI=1S/C18H14N8O3/c19-16-17(24-29-23-16)26-15(12-6-2-1-3-7-12)14(21-25-26)18(28)22-20-10-11-5-4-8-13(27)9-11/h1-10,27H,(H2,19,23)(H,22,28)/b20-10-. The van der Waals surface area contributed by atoms with Gasteiger partial charge < -0.3 is 10.8 Å². The van der Waals surface area contributed by atoms with E-state index in [9.17, 15) is 9.90 Å². The molecule has 1 amide bonds. The summed E-state index contributed by atoms with van der Waals surface area (Å²) < 4.78 is 5.90. The van der Waals surface area contributed by atoms with E-state index in [1.165, 1.54) is 23.0 Å². The number of hydrazone groups is 1. The number of rotatable bonds is 5. The van der Waals surface area contributed by atoms with Gasteiger partial charge >= 0.3 is 0 Å². The highest BCUT2D eigenvalue weighted by Crippen LogP contribution is 2.26.